The molecule has 3 amide bonds. The van der Waals surface area contributed by atoms with Crippen LogP contribution in [0.25, 0.3) is 5.69 Å². The lowest BCUT2D eigenvalue weighted by Gasteiger charge is -2.12. The fraction of sp³-hybridized carbons (Fsp3) is 0. The van der Waals surface area contributed by atoms with Crippen LogP contribution in [-0.2, 0) is 0 Å². The molecule has 0 spiro atoms. The maximum absolute atomic E-state index is 12.4. The van der Waals surface area contributed by atoms with E-state index in [1.165, 1.54) is 0 Å². The number of pyridine rings is 1. The van der Waals surface area contributed by atoms with Crippen LogP contribution < -0.4 is 22.3 Å². The molecule has 0 saturated heterocycles. The van der Waals surface area contributed by atoms with Crippen molar-refractivity contribution in [2.75, 3.05) is 5.73 Å². The molecule has 0 fully saturated rings. The second-order valence-electron chi connectivity index (χ2n) is 5.10. The number of imide groups is 1. The van der Waals surface area contributed by atoms with E-state index in [1.54, 1.807) is 0 Å². The van der Waals surface area contributed by atoms with Crippen LogP contribution in [0.15, 0.2) is 29.1 Å². The summed E-state index contributed by atoms with van der Waals surface area (Å²) < 4.78 is 0.682. The lowest BCUT2D eigenvalue weighted by molar-refractivity contribution is -0.384. The lowest BCUT2D eigenvalue weighted by Crippen LogP contribution is -2.25. The molecule has 2 aromatic rings. The number of nitrogen functional groups attached to an aromatic ring is 1. The summed E-state index contributed by atoms with van der Waals surface area (Å²) in [6.07, 6.45) is 0. The molecule has 0 atom stereocenters. The van der Waals surface area contributed by atoms with Crippen molar-refractivity contribution < 1.29 is 19.3 Å². The van der Waals surface area contributed by atoms with Crippen LogP contribution in [0.4, 0.5) is 11.5 Å². The first-order valence-electron chi connectivity index (χ1n) is 6.72. The predicted molar refractivity (Wildman–Crippen MR) is 83.4 cm³/mol. The van der Waals surface area contributed by atoms with E-state index >= 15 is 0 Å². The second-order valence-corrected chi connectivity index (χ2v) is 5.10. The van der Waals surface area contributed by atoms with Crippen molar-refractivity contribution in [2.24, 2.45) is 5.73 Å². The first-order valence-corrected chi connectivity index (χ1v) is 6.72. The number of nitrogens with two attached hydrogens (primary N) is 2. The first kappa shape index (κ1) is 15.9. The van der Waals surface area contributed by atoms with Gasteiger partial charge in [-0.3, -0.25) is 39.2 Å². The summed E-state index contributed by atoms with van der Waals surface area (Å²) in [6, 6.07) is 3.96. The number of benzene rings is 1. The molecule has 11 heteroatoms. The Morgan fingerprint density at radius 1 is 1.16 bits per heavy atom. The van der Waals surface area contributed by atoms with E-state index in [4.69, 9.17) is 11.5 Å². The quantitative estimate of drug-likeness (QED) is 0.374. The minimum atomic E-state index is -0.883. The molecule has 0 saturated carbocycles. The summed E-state index contributed by atoms with van der Waals surface area (Å²) >= 11 is 0. The van der Waals surface area contributed by atoms with Gasteiger partial charge in [0.05, 0.1) is 16.1 Å². The molecule has 0 unspecified atom stereocenters. The van der Waals surface area contributed by atoms with Crippen LogP contribution >= 0.6 is 0 Å². The molecule has 1 aliphatic heterocycles. The zero-order valence-electron chi connectivity index (χ0n) is 12.3. The van der Waals surface area contributed by atoms with Crippen molar-refractivity contribution in [3.8, 4) is 5.69 Å². The number of rotatable bonds is 3. The zero-order chi connectivity index (χ0) is 18.5. The third-order valence-corrected chi connectivity index (χ3v) is 3.65. The summed E-state index contributed by atoms with van der Waals surface area (Å²) in [5.41, 5.74) is 8.61. The minimum Gasteiger partial charge on any atom is -0.384 e. The van der Waals surface area contributed by atoms with Gasteiger partial charge in [-0.15, -0.1) is 0 Å². The molecular formula is C14H9N5O6. The number of carbonyl (C=O) groups is 3. The molecule has 1 aromatic carbocycles. The van der Waals surface area contributed by atoms with E-state index < -0.39 is 39.7 Å². The van der Waals surface area contributed by atoms with Crippen LogP contribution in [0.5, 0.6) is 0 Å². The Kier molecular flexibility index (Phi) is 3.34. The van der Waals surface area contributed by atoms with Gasteiger partial charge >= 0.3 is 0 Å². The number of anilines is 1. The summed E-state index contributed by atoms with van der Waals surface area (Å²) in [5.74, 6) is -2.97. The SMILES string of the molecule is NC(=O)c1ccc([N+](=O)[O-])c(-n2c(N)c3c(cc2=O)C(=O)NC3=O)c1. The van der Waals surface area contributed by atoms with Crippen molar-refractivity contribution in [3.05, 3.63) is 61.4 Å². The van der Waals surface area contributed by atoms with Crippen LogP contribution in [0.1, 0.15) is 31.1 Å². The molecule has 2 heterocycles. The largest absolute Gasteiger partial charge is 0.384 e. The lowest BCUT2D eigenvalue weighted by atomic mass is 10.1. The van der Waals surface area contributed by atoms with Gasteiger partial charge < -0.3 is 11.5 Å². The van der Waals surface area contributed by atoms with E-state index in [-0.39, 0.29) is 22.4 Å². The highest BCUT2D eigenvalue weighted by Crippen LogP contribution is 2.28. The fourth-order valence-electron chi connectivity index (χ4n) is 2.54. The molecule has 1 aliphatic rings. The Labute approximate surface area is 138 Å². The van der Waals surface area contributed by atoms with Crippen molar-refractivity contribution >= 4 is 29.2 Å². The second kappa shape index (κ2) is 5.26. The Morgan fingerprint density at radius 2 is 1.84 bits per heavy atom. The monoisotopic (exact) mass is 343 g/mol. The smallest absolute Gasteiger partial charge is 0.293 e. The van der Waals surface area contributed by atoms with E-state index in [0.29, 0.717) is 4.57 Å². The van der Waals surface area contributed by atoms with Gasteiger partial charge in [-0.2, -0.15) is 0 Å². The first-order chi connectivity index (χ1) is 11.7. The summed E-state index contributed by atoms with van der Waals surface area (Å²) in [6.45, 7) is 0. The van der Waals surface area contributed by atoms with E-state index in [1.807, 2.05) is 5.32 Å². The van der Waals surface area contributed by atoms with E-state index in [9.17, 15) is 29.3 Å². The molecule has 1 aromatic heterocycles. The highest BCUT2D eigenvalue weighted by molar-refractivity contribution is 6.23. The summed E-state index contributed by atoms with van der Waals surface area (Å²) in [5, 5.41) is 13.2. The van der Waals surface area contributed by atoms with Crippen LogP contribution in [0.3, 0.4) is 0 Å². The zero-order valence-corrected chi connectivity index (χ0v) is 12.3. The number of carbonyl (C=O) groups excluding carboxylic acids is 3. The molecule has 0 aliphatic carbocycles. The number of amides is 3. The van der Waals surface area contributed by atoms with Crippen LogP contribution in [0, 0.1) is 10.1 Å². The number of nitro groups is 1. The number of primary amides is 1. The molecule has 126 valence electrons. The van der Waals surface area contributed by atoms with E-state index in [2.05, 4.69) is 0 Å². The van der Waals surface area contributed by atoms with Gasteiger partial charge in [0.2, 0.25) is 5.91 Å². The van der Waals surface area contributed by atoms with Crippen LogP contribution in [0.2, 0.25) is 0 Å². The molecule has 3 rings (SSSR count). The molecular weight excluding hydrogens is 334 g/mol. The highest BCUT2D eigenvalue weighted by Gasteiger charge is 2.33. The number of fused-ring (bicyclic) bond motifs is 1. The Hall–Kier alpha value is -4.02. The average molecular weight is 343 g/mol. The Balaban J connectivity index is 2.40. The van der Waals surface area contributed by atoms with Crippen molar-refractivity contribution in [2.45, 2.75) is 0 Å². The third kappa shape index (κ3) is 2.30. The van der Waals surface area contributed by atoms with Crippen molar-refractivity contribution in [3.63, 3.8) is 0 Å². The van der Waals surface area contributed by atoms with Gasteiger partial charge in [0, 0.05) is 17.7 Å². The molecule has 5 N–H and O–H groups in total. The minimum absolute atomic E-state index is 0.104. The highest BCUT2D eigenvalue weighted by atomic mass is 16.6. The molecule has 0 bridgehead atoms. The summed E-state index contributed by atoms with van der Waals surface area (Å²) in [4.78, 5) is 57.7. The van der Waals surface area contributed by atoms with Crippen molar-refractivity contribution in [1.29, 1.82) is 0 Å². The molecule has 0 radical (unpaired) electrons. The number of hydrogen-bond acceptors (Lipinski definition) is 7. The van der Waals surface area contributed by atoms with Gasteiger partial charge in [-0.05, 0) is 12.1 Å². The number of nitrogens with one attached hydrogen (secondary N) is 1. The number of hydrogen-bond donors (Lipinski definition) is 3. The molecule has 11 nitrogen and oxygen atoms in total. The average Bonchev–Trinajstić information content (AvgIpc) is 2.81. The summed E-state index contributed by atoms with van der Waals surface area (Å²) in [7, 11) is 0. The van der Waals surface area contributed by atoms with Gasteiger partial charge in [0.1, 0.15) is 11.5 Å². The molecule has 25 heavy (non-hydrogen) atoms. The normalized spacial score (nSPS) is 12.6. The Bertz CT molecular complexity index is 1050. The Morgan fingerprint density at radius 3 is 2.44 bits per heavy atom. The maximum Gasteiger partial charge on any atom is 0.293 e. The third-order valence-electron chi connectivity index (χ3n) is 3.65. The van der Waals surface area contributed by atoms with Crippen molar-refractivity contribution in [1.82, 2.24) is 9.88 Å². The number of aromatic nitrogens is 1. The number of nitro benzene ring substituents is 1. The van der Waals surface area contributed by atoms with Gasteiger partial charge in [0.25, 0.3) is 23.1 Å². The number of nitrogens with zero attached hydrogens (tertiary/aromatic N) is 2. The van der Waals surface area contributed by atoms with Crippen LogP contribution in [-0.4, -0.2) is 27.2 Å². The topological polar surface area (TPSA) is 180 Å². The van der Waals surface area contributed by atoms with Gasteiger partial charge in [-0.25, -0.2) is 0 Å². The standard InChI is InChI=1S/C14H9N5O6/c15-11-10-6(13(22)17-14(10)23)4-9(20)18(11)8-3-5(12(16)21)1-2-7(8)19(24)25/h1-4H,15H2,(H2,16,21)(H,17,22,23). The van der Waals surface area contributed by atoms with Gasteiger partial charge in [-0.1, -0.05) is 0 Å². The van der Waals surface area contributed by atoms with Gasteiger partial charge in [0.15, 0.2) is 0 Å². The predicted octanol–water partition coefficient (Wildman–Crippen LogP) is -0.690. The van der Waals surface area contributed by atoms with E-state index in [0.717, 1.165) is 24.3 Å². The maximum atomic E-state index is 12.4. The fourth-order valence-corrected chi connectivity index (χ4v) is 2.54.